The largest absolute Gasteiger partial charge is 0.397 e. The Morgan fingerprint density at radius 3 is 2.82 bits per heavy atom. The quantitative estimate of drug-likeness (QED) is 0.795. The number of aromatic nitrogens is 1. The van der Waals surface area contributed by atoms with Crippen molar-refractivity contribution < 1.29 is 8.42 Å². The average Bonchev–Trinajstić information content (AvgIpc) is 2.40. The first-order chi connectivity index (χ1) is 7.98. The third-order valence-electron chi connectivity index (χ3n) is 2.93. The molecule has 5 nitrogen and oxygen atoms in total. The number of hydrogen-bond donors (Lipinski definition) is 1. The van der Waals surface area contributed by atoms with E-state index in [-0.39, 0.29) is 11.5 Å². The minimum absolute atomic E-state index is 0.207. The number of nitrogen functional groups attached to an aromatic ring is 1. The van der Waals surface area contributed by atoms with Gasteiger partial charge in [0.05, 0.1) is 23.4 Å². The zero-order valence-corrected chi connectivity index (χ0v) is 10.7. The first kappa shape index (κ1) is 12.2. The van der Waals surface area contributed by atoms with Crippen LogP contribution in [0.15, 0.2) is 12.3 Å². The van der Waals surface area contributed by atoms with Crippen molar-refractivity contribution in [1.82, 2.24) is 4.98 Å². The number of sulfone groups is 1. The summed E-state index contributed by atoms with van der Waals surface area (Å²) in [5.74, 6) is 1.33. The summed E-state index contributed by atoms with van der Waals surface area (Å²) in [6, 6.07) is 1.86. The molecule has 0 saturated carbocycles. The van der Waals surface area contributed by atoms with Crippen molar-refractivity contribution in [2.75, 3.05) is 35.2 Å². The molecule has 1 aliphatic rings. The number of nitrogens with zero attached hydrogens (tertiary/aromatic N) is 2. The summed E-state index contributed by atoms with van der Waals surface area (Å²) in [6.07, 6.45) is 2.27. The lowest BCUT2D eigenvalue weighted by molar-refractivity contribution is 0.597. The number of pyridine rings is 1. The van der Waals surface area contributed by atoms with Gasteiger partial charge in [0.25, 0.3) is 0 Å². The zero-order valence-electron chi connectivity index (χ0n) is 9.89. The van der Waals surface area contributed by atoms with E-state index in [4.69, 9.17) is 5.73 Å². The molecule has 2 rings (SSSR count). The summed E-state index contributed by atoms with van der Waals surface area (Å²) >= 11 is 0. The Morgan fingerprint density at radius 2 is 2.12 bits per heavy atom. The lowest BCUT2D eigenvalue weighted by atomic mass is 10.2. The first-order valence-corrected chi connectivity index (χ1v) is 7.47. The third-order valence-corrected chi connectivity index (χ3v) is 4.64. The van der Waals surface area contributed by atoms with E-state index in [1.165, 1.54) is 0 Å². The summed E-state index contributed by atoms with van der Waals surface area (Å²) < 4.78 is 23.0. The number of hydrogen-bond acceptors (Lipinski definition) is 5. The molecule has 0 amide bonds. The average molecular weight is 255 g/mol. The van der Waals surface area contributed by atoms with E-state index < -0.39 is 9.84 Å². The Kier molecular flexibility index (Phi) is 3.24. The second-order valence-electron chi connectivity index (χ2n) is 4.40. The summed E-state index contributed by atoms with van der Waals surface area (Å²) in [5, 5.41) is 0. The standard InChI is InChI=1S/C11H17N3O2S/c1-9-7-10(12)8-13-11(9)14-3-2-5-17(15,16)6-4-14/h7-8H,2-6,12H2,1H3. The van der Waals surface area contributed by atoms with Crippen molar-refractivity contribution in [3.63, 3.8) is 0 Å². The molecule has 0 aliphatic carbocycles. The smallest absolute Gasteiger partial charge is 0.152 e. The van der Waals surface area contributed by atoms with E-state index in [9.17, 15) is 8.42 Å². The molecule has 1 saturated heterocycles. The van der Waals surface area contributed by atoms with Crippen molar-refractivity contribution in [3.8, 4) is 0 Å². The van der Waals surface area contributed by atoms with Crippen LogP contribution < -0.4 is 10.6 Å². The van der Waals surface area contributed by atoms with Gasteiger partial charge in [-0.1, -0.05) is 0 Å². The maximum absolute atomic E-state index is 11.5. The summed E-state index contributed by atoms with van der Waals surface area (Å²) in [6.45, 7) is 3.19. The van der Waals surface area contributed by atoms with Gasteiger partial charge in [-0.05, 0) is 25.0 Å². The Morgan fingerprint density at radius 1 is 1.35 bits per heavy atom. The molecule has 0 atom stereocenters. The van der Waals surface area contributed by atoms with Crippen molar-refractivity contribution in [2.45, 2.75) is 13.3 Å². The molecule has 0 spiro atoms. The maximum atomic E-state index is 11.5. The van der Waals surface area contributed by atoms with E-state index in [0.29, 0.717) is 18.7 Å². The molecular weight excluding hydrogens is 238 g/mol. The topological polar surface area (TPSA) is 76.3 Å². The van der Waals surface area contributed by atoms with Crippen LogP contribution in [-0.2, 0) is 9.84 Å². The Labute approximate surface area is 102 Å². The summed E-state index contributed by atoms with van der Waals surface area (Å²) in [7, 11) is -2.88. The number of anilines is 2. The highest BCUT2D eigenvalue weighted by Crippen LogP contribution is 2.20. The zero-order chi connectivity index (χ0) is 12.5. The highest BCUT2D eigenvalue weighted by molar-refractivity contribution is 7.91. The van der Waals surface area contributed by atoms with Crippen molar-refractivity contribution in [1.29, 1.82) is 0 Å². The van der Waals surface area contributed by atoms with Crippen LogP contribution in [0.5, 0.6) is 0 Å². The molecule has 17 heavy (non-hydrogen) atoms. The van der Waals surface area contributed by atoms with Crippen molar-refractivity contribution in [3.05, 3.63) is 17.8 Å². The molecule has 1 aliphatic heterocycles. The molecule has 0 unspecified atom stereocenters. The van der Waals surface area contributed by atoms with Gasteiger partial charge < -0.3 is 10.6 Å². The molecule has 6 heteroatoms. The van der Waals surface area contributed by atoms with E-state index in [1.54, 1.807) is 6.20 Å². The van der Waals surface area contributed by atoms with Crippen LogP contribution in [0.4, 0.5) is 11.5 Å². The van der Waals surface area contributed by atoms with E-state index in [0.717, 1.165) is 17.9 Å². The molecule has 2 heterocycles. The minimum atomic E-state index is -2.88. The maximum Gasteiger partial charge on any atom is 0.152 e. The van der Waals surface area contributed by atoms with Gasteiger partial charge in [-0.2, -0.15) is 0 Å². The van der Waals surface area contributed by atoms with Crippen LogP contribution in [0.3, 0.4) is 0 Å². The normalized spacial score (nSPS) is 19.9. The second kappa shape index (κ2) is 4.52. The van der Waals surface area contributed by atoms with E-state index >= 15 is 0 Å². The number of rotatable bonds is 1. The Hall–Kier alpha value is -1.30. The SMILES string of the molecule is Cc1cc(N)cnc1N1CCCS(=O)(=O)CC1. The lowest BCUT2D eigenvalue weighted by Gasteiger charge is -2.22. The van der Waals surface area contributed by atoms with Crippen LogP contribution in [0.2, 0.25) is 0 Å². The first-order valence-electron chi connectivity index (χ1n) is 5.65. The van der Waals surface area contributed by atoms with Crippen molar-refractivity contribution in [2.24, 2.45) is 0 Å². The molecule has 1 fully saturated rings. The van der Waals surface area contributed by atoms with Gasteiger partial charge in [0, 0.05) is 13.1 Å². The lowest BCUT2D eigenvalue weighted by Crippen LogP contribution is -2.28. The van der Waals surface area contributed by atoms with Gasteiger partial charge in [-0.3, -0.25) is 0 Å². The number of nitrogens with two attached hydrogens (primary N) is 1. The molecule has 1 aromatic rings. The molecule has 0 bridgehead atoms. The van der Waals surface area contributed by atoms with Gasteiger partial charge in [-0.15, -0.1) is 0 Å². The fraction of sp³-hybridized carbons (Fsp3) is 0.545. The highest BCUT2D eigenvalue weighted by Gasteiger charge is 2.20. The van der Waals surface area contributed by atoms with Gasteiger partial charge in [0.1, 0.15) is 5.82 Å². The fourth-order valence-electron chi connectivity index (χ4n) is 2.07. The predicted molar refractivity (Wildman–Crippen MR) is 68.9 cm³/mol. The summed E-state index contributed by atoms with van der Waals surface area (Å²) in [5.41, 5.74) is 7.28. The van der Waals surface area contributed by atoms with E-state index in [1.807, 2.05) is 17.9 Å². The highest BCUT2D eigenvalue weighted by atomic mass is 32.2. The molecule has 0 aromatic carbocycles. The van der Waals surface area contributed by atoms with Gasteiger partial charge in [0.15, 0.2) is 9.84 Å². The van der Waals surface area contributed by atoms with Crippen LogP contribution in [-0.4, -0.2) is 38.0 Å². The third kappa shape index (κ3) is 2.88. The summed E-state index contributed by atoms with van der Waals surface area (Å²) in [4.78, 5) is 6.32. The number of aryl methyl sites for hydroxylation is 1. The van der Waals surface area contributed by atoms with Gasteiger partial charge in [-0.25, -0.2) is 13.4 Å². The monoisotopic (exact) mass is 255 g/mol. The second-order valence-corrected chi connectivity index (χ2v) is 6.71. The Bertz CT molecular complexity index is 513. The molecule has 0 radical (unpaired) electrons. The molecule has 94 valence electrons. The molecule has 1 aromatic heterocycles. The van der Waals surface area contributed by atoms with E-state index in [2.05, 4.69) is 4.98 Å². The fourth-order valence-corrected chi connectivity index (χ4v) is 3.34. The predicted octanol–water partition coefficient (Wildman–Crippen LogP) is 0.597. The van der Waals surface area contributed by atoms with Crippen molar-refractivity contribution >= 4 is 21.3 Å². The van der Waals surface area contributed by atoms with Crippen LogP contribution in [0.1, 0.15) is 12.0 Å². The molecular formula is C11H17N3O2S. The molecule has 2 N–H and O–H groups in total. The minimum Gasteiger partial charge on any atom is -0.397 e. The van der Waals surface area contributed by atoms with Gasteiger partial charge in [0.2, 0.25) is 0 Å². The van der Waals surface area contributed by atoms with Crippen LogP contribution >= 0.6 is 0 Å². The van der Waals surface area contributed by atoms with Gasteiger partial charge >= 0.3 is 0 Å². The van der Waals surface area contributed by atoms with Crippen LogP contribution in [0, 0.1) is 6.92 Å². The Balaban J connectivity index is 2.23. The van der Waals surface area contributed by atoms with Crippen LogP contribution in [0.25, 0.3) is 0 Å².